The number of sulfonamides is 1. The van der Waals surface area contributed by atoms with Crippen LogP contribution < -0.4 is 9.88 Å². The molecule has 0 unspecified atom stereocenters. The number of aromatic nitrogens is 1. The molecule has 7 nitrogen and oxygen atoms in total. The first-order valence-electron chi connectivity index (χ1n) is 9.07. The molecule has 0 fully saturated rings. The number of hydrogen-bond donors (Lipinski definition) is 2. The molecule has 8 heteroatoms. The molecular formula is C21H22N2O5S. The van der Waals surface area contributed by atoms with Crippen molar-refractivity contribution in [2.24, 2.45) is 5.14 Å². The van der Waals surface area contributed by atoms with Crippen molar-refractivity contribution in [1.29, 1.82) is 0 Å². The van der Waals surface area contributed by atoms with E-state index in [0.29, 0.717) is 13.0 Å². The maximum absolute atomic E-state index is 11.5. The molecule has 0 amide bonds. The summed E-state index contributed by atoms with van der Waals surface area (Å²) >= 11 is 0. The normalized spacial score (nSPS) is 11.4. The molecule has 0 spiro atoms. The molecule has 0 aliphatic carbocycles. The van der Waals surface area contributed by atoms with Gasteiger partial charge in [-0.05, 0) is 79.1 Å². The molecule has 3 N–H and O–H groups in total. The number of rotatable bonds is 8. The number of benzene rings is 2. The Balaban J connectivity index is 2.03. The summed E-state index contributed by atoms with van der Waals surface area (Å²) in [5, 5.41) is 14.2. The van der Waals surface area contributed by atoms with Crippen LogP contribution in [0, 0.1) is 0 Å². The Kier molecular flexibility index (Phi) is 6.05. The molecule has 1 aromatic heterocycles. The van der Waals surface area contributed by atoms with Crippen molar-refractivity contribution in [3.63, 3.8) is 0 Å². The number of carbonyl (C=O) groups is 1. The number of ether oxygens (including phenoxy) is 1. The number of carboxylic acid groups (broad SMARTS) is 1. The molecule has 152 valence electrons. The summed E-state index contributed by atoms with van der Waals surface area (Å²) in [6, 6.07) is 15.8. The van der Waals surface area contributed by atoms with Crippen LogP contribution in [0.2, 0.25) is 0 Å². The van der Waals surface area contributed by atoms with Crippen LogP contribution in [0.4, 0.5) is 0 Å². The number of hydrogen-bond acceptors (Lipinski definition) is 4. The predicted octanol–water partition coefficient (Wildman–Crippen LogP) is 3.21. The summed E-state index contributed by atoms with van der Waals surface area (Å²) in [4.78, 5) is 11.0. The highest BCUT2D eigenvalue weighted by atomic mass is 32.2. The first-order valence-corrected chi connectivity index (χ1v) is 10.6. The first kappa shape index (κ1) is 20.6. The lowest BCUT2D eigenvalue weighted by Gasteiger charge is -2.11. The number of aliphatic carboxylic acids is 1. The van der Waals surface area contributed by atoms with E-state index >= 15 is 0 Å². The van der Waals surface area contributed by atoms with Gasteiger partial charge in [0.05, 0.1) is 17.2 Å². The van der Waals surface area contributed by atoms with Gasteiger partial charge in [-0.2, -0.15) is 0 Å². The van der Waals surface area contributed by atoms with Gasteiger partial charge in [-0.25, -0.2) is 13.6 Å². The van der Waals surface area contributed by atoms with Crippen LogP contribution in [0.3, 0.4) is 0 Å². The van der Waals surface area contributed by atoms with Crippen molar-refractivity contribution in [3.05, 3.63) is 66.4 Å². The van der Waals surface area contributed by atoms with Crippen molar-refractivity contribution in [2.75, 3.05) is 6.61 Å². The second kappa shape index (κ2) is 8.50. The molecule has 3 rings (SSSR count). The Morgan fingerprint density at radius 1 is 1.10 bits per heavy atom. The number of primary sulfonamides is 1. The third-order valence-electron chi connectivity index (χ3n) is 4.41. The third kappa shape index (κ3) is 5.04. The topological polar surface area (TPSA) is 112 Å². The molecule has 0 aliphatic heterocycles. The number of carboxylic acids is 1. The quantitative estimate of drug-likeness (QED) is 0.588. The zero-order valence-corrected chi connectivity index (χ0v) is 16.7. The van der Waals surface area contributed by atoms with E-state index in [0.717, 1.165) is 28.3 Å². The van der Waals surface area contributed by atoms with E-state index in [1.165, 1.54) is 12.1 Å². The largest absolute Gasteiger partial charge is 0.494 e. The van der Waals surface area contributed by atoms with E-state index < -0.39 is 16.0 Å². The molecule has 0 saturated heterocycles. The number of nitrogens with zero attached hydrogens (tertiary/aromatic N) is 1. The average molecular weight is 414 g/mol. The second-order valence-electron chi connectivity index (χ2n) is 6.49. The Morgan fingerprint density at radius 2 is 1.76 bits per heavy atom. The highest BCUT2D eigenvalue weighted by Crippen LogP contribution is 2.29. The van der Waals surface area contributed by atoms with Gasteiger partial charge in [0.15, 0.2) is 0 Å². The van der Waals surface area contributed by atoms with Crippen LogP contribution in [-0.4, -0.2) is 30.7 Å². The summed E-state index contributed by atoms with van der Waals surface area (Å²) < 4.78 is 30.4. The van der Waals surface area contributed by atoms with Crippen LogP contribution in [0.1, 0.15) is 18.9 Å². The smallest absolute Gasteiger partial charge is 0.303 e. The summed E-state index contributed by atoms with van der Waals surface area (Å²) in [7, 11) is -3.78. The highest BCUT2D eigenvalue weighted by Gasteiger charge is 2.13. The minimum atomic E-state index is -3.78. The molecule has 3 aromatic rings. The number of aryl methyl sites for hydroxylation is 1. The molecule has 2 aromatic carbocycles. The molecule has 29 heavy (non-hydrogen) atoms. The van der Waals surface area contributed by atoms with E-state index in [9.17, 15) is 13.2 Å². The summed E-state index contributed by atoms with van der Waals surface area (Å²) in [5.74, 6) is -0.101. The zero-order chi connectivity index (χ0) is 21.0. The maximum Gasteiger partial charge on any atom is 0.303 e. The molecular weight excluding hydrogens is 392 g/mol. The van der Waals surface area contributed by atoms with Crippen molar-refractivity contribution in [3.8, 4) is 22.7 Å². The van der Waals surface area contributed by atoms with Gasteiger partial charge in [-0.1, -0.05) is 0 Å². The van der Waals surface area contributed by atoms with Crippen LogP contribution in [0.25, 0.3) is 16.9 Å². The van der Waals surface area contributed by atoms with Gasteiger partial charge in [0.2, 0.25) is 10.0 Å². The monoisotopic (exact) mass is 414 g/mol. The highest BCUT2D eigenvalue weighted by molar-refractivity contribution is 7.89. The molecule has 0 bridgehead atoms. The molecule has 0 radical (unpaired) electrons. The average Bonchev–Trinajstić information content (AvgIpc) is 3.11. The Labute approximate surface area is 169 Å². The van der Waals surface area contributed by atoms with E-state index in [1.54, 1.807) is 12.1 Å². The Hall–Kier alpha value is -3.10. The SMILES string of the molecule is CCOc1ccc(-c2cc(CCC(=O)O)cn2-c2ccc(S(N)(=O)=O)cc2)cc1. The molecule has 0 aliphatic rings. The van der Waals surface area contributed by atoms with Crippen LogP contribution in [0.5, 0.6) is 5.75 Å². The molecule has 1 heterocycles. The fourth-order valence-electron chi connectivity index (χ4n) is 3.03. The van der Waals surface area contributed by atoms with Crippen molar-refractivity contribution in [1.82, 2.24) is 4.57 Å². The fraction of sp³-hybridized carbons (Fsp3) is 0.190. The summed E-state index contributed by atoms with van der Waals surface area (Å²) in [6.07, 6.45) is 2.28. The van der Waals surface area contributed by atoms with Gasteiger partial charge in [-0.3, -0.25) is 4.79 Å². The zero-order valence-electron chi connectivity index (χ0n) is 15.9. The van der Waals surface area contributed by atoms with Gasteiger partial charge in [-0.15, -0.1) is 0 Å². The van der Waals surface area contributed by atoms with Gasteiger partial charge in [0.25, 0.3) is 0 Å². The lowest BCUT2D eigenvalue weighted by atomic mass is 10.1. The summed E-state index contributed by atoms with van der Waals surface area (Å²) in [6.45, 7) is 2.49. The van der Waals surface area contributed by atoms with Crippen molar-refractivity contribution in [2.45, 2.75) is 24.7 Å². The van der Waals surface area contributed by atoms with E-state index in [-0.39, 0.29) is 11.3 Å². The third-order valence-corrected chi connectivity index (χ3v) is 5.34. The van der Waals surface area contributed by atoms with Gasteiger partial charge in [0.1, 0.15) is 5.75 Å². The minimum absolute atomic E-state index is 0.0249. The first-order chi connectivity index (χ1) is 13.8. The van der Waals surface area contributed by atoms with Crippen molar-refractivity contribution < 1.29 is 23.1 Å². The Morgan fingerprint density at radius 3 is 2.31 bits per heavy atom. The van der Waals surface area contributed by atoms with Crippen LogP contribution in [-0.2, 0) is 21.2 Å². The van der Waals surface area contributed by atoms with Gasteiger partial charge >= 0.3 is 5.97 Å². The Bertz CT molecular complexity index is 1100. The van der Waals surface area contributed by atoms with Gasteiger partial charge < -0.3 is 14.4 Å². The second-order valence-corrected chi connectivity index (χ2v) is 8.06. The fourth-order valence-corrected chi connectivity index (χ4v) is 3.54. The molecule has 0 atom stereocenters. The predicted molar refractivity (Wildman–Crippen MR) is 110 cm³/mol. The maximum atomic E-state index is 11.5. The number of nitrogens with two attached hydrogens (primary N) is 1. The molecule has 0 saturated carbocycles. The summed E-state index contributed by atoms with van der Waals surface area (Å²) in [5.41, 5.74) is 3.39. The van der Waals surface area contributed by atoms with E-state index in [2.05, 4.69) is 0 Å². The lowest BCUT2D eigenvalue weighted by molar-refractivity contribution is -0.136. The standard InChI is InChI=1S/C21H22N2O5S/c1-2-28-18-8-4-16(5-9-18)20-13-15(3-12-21(24)25)14-23(20)17-6-10-19(11-7-17)29(22,26)27/h4-11,13-14H,2-3,12H2,1H3,(H,24,25)(H2,22,26,27). The van der Waals surface area contributed by atoms with E-state index in [4.69, 9.17) is 15.0 Å². The van der Waals surface area contributed by atoms with Gasteiger partial charge in [0, 0.05) is 18.3 Å². The van der Waals surface area contributed by atoms with Crippen LogP contribution in [0.15, 0.2) is 65.7 Å². The lowest BCUT2D eigenvalue weighted by Crippen LogP contribution is -2.12. The van der Waals surface area contributed by atoms with Crippen LogP contribution >= 0.6 is 0 Å². The van der Waals surface area contributed by atoms with E-state index in [1.807, 2.05) is 48.0 Å². The van der Waals surface area contributed by atoms with Crippen molar-refractivity contribution >= 4 is 16.0 Å². The minimum Gasteiger partial charge on any atom is -0.494 e.